The van der Waals surface area contributed by atoms with Crippen LogP contribution >= 0.6 is 0 Å². The van der Waals surface area contributed by atoms with Crippen LogP contribution in [-0.4, -0.2) is 11.7 Å². The van der Waals surface area contributed by atoms with Gasteiger partial charge < -0.3 is 10.8 Å². The van der Waals surface area contributed by atoms with Crippen molar-refractivity contribution in [3.63, 3.8) is 0 Å². The molecule has 0 saturated heterocycles. The molecule has 0 amide bonds. The Morgan fingerprint density at radius 2 is 1.88 bits per heavy atom. The monoisotopic (exact) mass is 245 g/mol. The van der Waals surface area contributed by atoms with Gasteiger partial charge in [-0.05, 0) is 24.5 Å². The normalized spacial score (nSPS) is 20.1. The molecular formula is C12H14F3NO. The van der Waals surface area contributed by atoms with Gasteiger partial charge in [0.05, 0.1) is 11.7 Å². The fraction of sp³-hybridized carbons (Fsp3) is 0.500. The van der Waals surface area contributed by atoms with Crippen LogP contribution in [0.2, 0.25) is 0 Å². The molecule has 1 aliphatic rings. The van der Waals surface area contributed by atoms with Crippen LogP contribution in [0.5, 0.6) is 0 Å². The maximum Gasteiger partial charge on any atom is 0.416 e. The summed E-state index contributed by atoms with van der Waals surface area (Å²) < 4.78 is 38.3. The Balaban J connectivity index is 2.39. The number of hydrogen-bond donors (Lipinski definition) is 2. The van der Waals surface area contributed by atoms with Crippen LogP contribution in [0.1, 0.15) is 30.1 Å². The number of benzene rings is 1. The smallest absolute Gasteiger partial charge is 0.388 e. The number of aliphatic hydroxyl groups is 1. The second kappa shape index (κ2) is 3.99. The van der Waals surface area contributed by atoms with Crippen molar-refractivity contribution < 1.29 is 18.3 Å². The van der Waals surface area contributed by atoms with Gasteiger partial charge in [0, 0.05) is 12.0 Å². The zero-order chi connectivity index (χ0) is 12.7. The fourth-order valence-corrected chi connectivity index (χ4v) is 2.07. The fourth-order valence-electron chi connectivity index (χ4n) is 2.07. The molecule has 94 valence electrons. The molecule has 5 heteroatoms. The first kappa shape index (κ1) is 12.4. The highest BCUT2D eigenvalue weighted by Gasteiger charge is 2.50. The maximum absolute atomic E-state index is 12.8. The van der Waals surface area contributed by atoms with E-state index in [1.165, 1.54) is 18.2 Å². The molecule has 1 unspecified atom stereocenters. The van der Waals surface area contributed by atoms with Crippen LogP contribution in [0.3, 0.4) is 0 Å². The summed E-state index contributed by atoms with van der Waals surface area (Å²) in [6, 6.07) is 5.13. The van der Waals surface area contributed by atoms with E-state index < -0.39 is 23.3 Å². The second-order valence-corrected chi connectivity index (χ2v) is 4.55. The highest BCUT2D eigenvalue weighted by Crippen LogP contribution is 2.55. The summed E-state index contributed by atoms with van der Waals surface area (Å²) in [4.78, 5) is 0. The molecule has 0 radical (unpaired) electrons. The van der Waals surface area contributed by atoms with Crippen molar-refractivity contribution in [2.24, 2.45) is 11.1 Å². The molecule has 17 heavy (non-hydrogen) atoms. The summed E-state index contributed by atoms with van der Waals surface area (Å²) in [7, 11) is 0. The third-order valence-electron chi connectivity index (χ3n) is 3.44. The maximum atomic E-state index is 12.8. The van der Waals surface area contributed by atoms with Gasteiger partial charge in [-0.2, -0.15) is 13.2 Å². The number of nitrogens with two attached hydrogens (primary N) is 1. The van der Waals surface area contributed by atoms with Gasteiger partial charge in [-0.1, -0.05) is 18.2 Å². The predicted octanol–water partition coefficient (Wildman–Crippen LogP) is 2.48. The third kappa shape index (κ3) is 2.17. The molecular weight excluding hydrogens is 231 g/mol. The molecule has 0 heterocycles. The van der Waals surface area contributed by atoms with E-state index in [-0.39, 0.29) is 12.1 Å². The minimum atomic E-state index is -4.44. The average molecular weight is 245 g/mol. The molecule has 0 bridgehead atoms. The number of alkyl halides is 3. The minimum absolute atomic E-state index is 0.0667. The Morgan fingerprint density at radius 1 is 1.29 bits per heavy atom. The number of hydrogen-bond acceptors (Lipinski definition) is 2. The summed E-state index contributed by atoms with van der Waals surface area (Å²) in [5.74, 6) is 0. The van der Waals surface area contributed by atoms with Crippen molar-refractivity contribution in [3.8, 4) is 0 Å². The van der Waals surface area contributed by atoms with Crippen molar-refractivity contribution >= 4 is 0 Å². The van der Waals surface area contributed by atoms with Crippen molar-refractivity contribution in [2.45, 2.75) is 25.1 Å². The highest BCUT2D eigenvalue weighted by atomic mass is 19.4. The van der Waals surface area contributed by atoms with E-state index in [1.54, 1.807) is 0 Å². The lowest BCUT2D eigenvalue weighted by Crippen LogP contribution is -2.25. The summed E-state index contributed by atoms with van der Waals surface area (Å²) in [6.45, 7) is 0.209. The zero-order valence-corrected chi connectivity index (χ0v) is 9.17. The van der Waals surface area contributed by atoms with Gasteiger partial charge >= 0.3 is 6.18 Å². The van der Waals surface area contributed by atoms with Gasteiger partial charge in [0.1, 0.15) is 0 Å². The lowest BCUT2D eigenvalue weighted by Gasteiger charge is -2.24. The first-order valence-electron chi connectivity index (χ1n) is 5.45. The number of aliphatic hydroxyl groups excluding tert-OH is 1. The second-order valence-electron chi connectivity index (χ2n) is 4.55. The molecule has 1 aromatic carbocycles. The lowest BCUT2D eigenvalue weighted by molar-refractivity contribution is -0.139. The molecule has 0 aromatic heterocycles. The summed E-state index contributed by atoms with van der Waals surface area (Å²) in [5, 5.41) is 10.1. The molecule has 1 aromatic rings. The van der Waals surface area contributed by atoms with E-state index in [9.17, 15) is 18.3 Å². The molecule has 0 aliphatic heterocycles. The predicted molar refractivity (Wildman–Crippen MR) is 57.1 cm³/mol. The molecule has 2 nitrogen and oxygen atoms in total. The standard InChI is InChI=1S/C12H14F3NO/c13-12(14,15)9-4-2-1-3-8(9)10(17)11(7-16)5-6-11/h1-4,10,17H,5-7,16H2. The van der Waals surface area contributed by atoms with Crippen molar-refractivity contribution in [2.75, 3.05) is 6.54 Å². The van der Waals surface area contributed by atoms with Gasteiger partial charge in [0.25, 0.3) is 0 Å². The van der Waals surface area contributed by atoms with Crippen LogP contribution in [-0.2, 0) is 6.18 Å². The number of rotatable bonds is 3. The lowest BCUT2D eigenvalue weighted by atomic mass is 9.90. The Kier molecular flexibility index (Phi) is 2.91. The topological polar surface area (TPSA) is 46.2 Å². The molecule has 0 spiro atoms. The van der Waals surface area contributed by atoms with Gasteiger partial charge in [-0.15, -0.1) is 0 Å². The Hall–Kier alpha value is -1.07. The molecule has 3 N–H and O–H groups in total. The summed E-state index contributed by atoms with van der Waals surface area (Å²) in [5.41, 5.74) is 4.13. The van der Waals surface area contributed by atoms with E-state index in [2.05, 4.69) is 0 Å². The zero-order valence-electron chi connectivity index (χ0n) is 9.17. The Labute approximate surface area is 97.2 Å². The summed E-state index contributed by atoms with van der Waals surface area (Å²) >= 11 is 0. The SMILES string of the molecule is NCC1(C(O)c2ccccc2C(F)(F)F)CC1. The number of halogens is 3. The molecule has 1 aliphatic carbocycles. The largest absolute Gasteiger partial charge is 0.416 e. The Morgan fingerprint density at radius 3 is 2.35 bits per heavy atom. The first-order chi connectivity index (χ1) is 7.91. The first-order valence-corrected chi connectivity index (χ1v) is 5.45. The van der Waals surface area contributed by atoms with E-state index >= 15 is 0 Å². The molecule has 1 atom stereocenters. The van der Waals surface area contributed by atoms with Crippen molar-refractivity contribution in [1.29, 1.82) is 0 Å². The molecule has 2 rings (SSSR count). The van der Waals surface area contributed by atoms with E-state index in [4.69, 9.17) is 5.73 Å². The Bertz CT molecular complexity index is 412. The average Bonchev–Trinajstić information content (AvgIpc) is 3.08. The third-order valence-corrected chi connectivity index (χ3v) is 3.44. The highest BCUT2D eigenvalue weighted by molar-refractivity contribution is 5.33. The minimum Gasteiger partial charge on any atom is -0.388 e. The van der Waals surface area contributed by atoms with E-state index in [0.717, 1.165) is 6.07 Å². The van der Waals surface area contributed by atoms with Crippen LogP contribution in [0.4, 0.5) is 13.2 Å². The van der Waals surface area contributed by atoms with Crippen molar-refractivity contribution in [1.82, 2.24) is 0 Å². The van der Waals surface area contributed by atoms with Crippen LogP contribution < -0.4 is 5.73 Å². The van der Waals surface area contributed by atoms with Crippen LogP contribution in [0.25, 0.3) is 0 Å². The quantitative estimate of drug-likeness (QED) is 0.859. The molecule has 1 saturated carbocycles. The van der Waals surface area contributed by atoms with Gasteiger partial charge in [0.15, 0.2) is 0 Å². The van der Waals surface area contributed by atoms with Gasteiger partial charge in [-0.3, -0.25) is 0 Å². The van der Waals surface area contributed by atoms with Crippen LogP contribution in [0, 0.1) is 5.41 Å². The van der Waals surface area contributed by atoms with E-state index in [1.807, 2.05) is 0 Å². The van der Waals surface area contributed by atoms with Gasteiger partial charge in [0.2, 0.25) is 0 Å². The molecule has 1 fully saturated rings. The summed E-state index contributed by atoms with van der Waals surface area (Å²) in [6.07, 6.45) is -4.22. The van der Waals surface area contributed by atoms with Crippen LogP contribution in [0.15, 0.2) is 24.3 Å². The van der Waals surface area contributed by atoms with E-state index in [0.29, 0.717) is 12.8 Å². The van der Waals surface area contributed by atoms with Crippen molar-refractivity contribution in [3.05, 3.63) is 35.4 Å². The van der Waals surface area contributed by atoms with Gasteiger partial charge in [-0.25, -0.2) is 0 Å².